The highest BCUT2D eigenvalue weighted by molar-refractivity contribution is 6.06. The third-order valence-electron chi connectivity index (χ3n) is 2.07. The number of nitrogens with one attached hydrogen (secondary N) is 1. The molecule has 2 rings (SSSR count). The average Bonchev–Trinajstić information content (AvgIpc) is 2.87. The number of nitrogens with zero attached hydrogens (tertiary/aromatic N) is 3. The van der Waals surface area contributed by atoms with Gasteiger partial charge in [0.2, 0.25) is 0 Å². The second-order valence-electron chi connectivity index (χ2n) is 3.13. The molecule has 2 heterocycles. The van der Waals surface area contributed by atoms with Gasteiger partial charge < -0.3 is 15.6 Å². The summed E-state index contributed by atoms with van der Waals surface area (Å²) in [5.74, 6) is -0.333. The van der Waals surface area contributed by atoms with Crippen molar-refractivity contribution in [2.24, 2.45) is 0 Å². The van der Waals surface area contributed by atoms with Crippen molar-refractivity contribution >= 4 is 17.3 Å². The summed E-state index contributed by atoms with van der Waals surface area (Å²) >= 11 is 0. The molecule has 2 aromatic heterocycles. The van der Waals surface area contributed by atoms with E-state index in [-0.39, 0.29) is 5.91 Å². The lowest BCUT2D eigenvalue weighted by molar-refractivity contribution is 0.101. The van der Waals surface area contributed by atoms with Gasteiger partial charge in [0, 0.05) is 6.54 Å². The molecule has 0 saturated carbocycles. The Morgan fingerprint density at radius 2 is 2.44 bits per heavy atom. The lowest BCUT2D eigenvalue weighted by Crippen LogP contribution is -2.18. The number of carbonyl (C=O) groups excluding carboxylic acids is 1. The molecule has 7 heteroatoms. The maximum absolute atomic E-state index is 11.9. The first-order valence-electron chi connectivity index (χ1n) is 4.74. The van der Waals surface area contributed by atoms with E-state index in [1.54, 1.807) is 0 Å². The molecule has 16 heavy (non-hydrogen) atoms. The van der Waals surface area contributed by atoms with E-state index in [2.05, 4.69) is 20.1 Å². The Hall–Kier alpha value is -2.31. The molecular weight excluding hydrogens is 210 g/mol. The van der Waals surface area contributed by atoms with Crippen LogP contribution in [0.5, 0.6) is 0 Å². The molecule has 3 N–H and O–H groups in total. The van der Waals surface area contributed by atoms with Gasteiger partial charge in [0.15, 0.2) is 0 Å². The second-order valence-corrected chi connectivity index (χ2v) is 3.13. The van der Waals surface area contributed by atoms with Crippen molar-refractivity contribution in [3.05, 3.63) is 24.4 Å². The summed E-state index contributed by atoms with van der Waals surface area (Å²) in [6.45, 7) is 2.45. The van der Waals surface area contributed by atoms with Crippen LogP contribution < -0.4 is 11.1 Å². The van der Waals surface area contributed by atoms with E-state index in [0.717, 1.165) is 0 Å². The minimum atomic E-state index is -0.333. The van der Waals surface area contributed by atoms with Gasteiger partial charge in [-0.25, -0.2) is 0 Å². The van der Waals surface area contributed by atoms with Crippen LogP contribution in [-0.4, -0.2) is 20.8 Å². The zero-order valence-corrected chi connectivity index (χ0v) is 8.67. The average molecular weight is 221 g/mol. The number of amides is 1. The van der Waals surface area contributed by atoms with Gasteiger partial charge in [0.25, 0.3) is 5.91 Å². The molecule has 0 radical (unpaired) electrons. The van der Waals surface area contributed by atoms with Crippen LogP contribution in [0.15, 0.2) is 23.2 Å². The van der Waals surface area contributed by atoms with Crippen molar-refractivity contribution in [2.75, 3.05) is 11.1 Å². The van der Waals surface area contributed by atoms with Gasteiger partial charge in [-0.3, -0.25) is 9.48 Å². The van der Waals surface area contributed by atoms with Crippen LogP contribution in [0.1, 0.15) is 17.4 Å². The molecule has 0 fully saturated rings. The SMILES string of the molecule is CCn1ncc(N)c1C(=O)Nc1cnoc1. The molecule has 0 atom stereocenters. The maximum Gasteiger partial charge on any atom is 0.276 e. The maximum atomic E-state index is 11.9. The molecule has 84 valence electrons. The van der Waals surface area contributed by atoms with Gasteiger partial charge >= 0.3 is 0 Å². The minimum Gasteiger partial charge on any atom is -0.396 e. The van der Waals surface area contributed by atoms with E-state index in [4.69, 9.17) is 5.73 Å². The number of anilines is 2. The monoisotopic (exact) mass is 221 g/mol. The Balaban J connectivity index is 2.23. The highest BCUT2D eigenvalue weighted by atomic mass is 16.5. The predicted molar refractivity (Wildman–Crippen MR) is 56.8 cm³/mol. The number of rotatable bonds is 3. The standard InChI is InChI=1S/C9H11N5O2/c1-2-14-8(7(10)4-11-14)9(15)13-6-3-12-16-5-6/h3-5H,2,10H2,1H3,(H,13,15). The summed E-state index contributed by atoms with van der Waals surface area (Å²) in [5, 5.41) is 10.1. The van der Waals surface area contributed by atoms with E-state index in [9.17, 15) is 4.79 Å². The van der Waals surface area contributed by atoms with Crippen molar-refractivity contribution in [3.63, 3.8) is 0 Å². The van der Waals surface area contributed by atoms with Crippen molar-refractivity contribution in [1.29, 1.82) is 0 Å². The fraction of sp³-hybridized carbons (Fsp3) is 0.222. The number of aryl methyl sites for hydroxylation is 1. The lowest BCUT2D eigenvalue weighted by Gasteiger charge is -2.05. The van der Waals surface area contributed by atoms with Crippen molar-refractivity contribution < 1.29 is 9.32 Å². The Morgan fingerprint density at radius 3 is 3.06 bits per heavy atom. The molecule has 0 aliphatic heterocycles. The molecule has 0 aliphatic carbocycles. The van der Waals surface area contributed by atoms with Crippen LogP contribution >= 0.6 is 0 Å². The van der Waals surface area contributed by atoms with Crippen LogP contribution in [0.4, 0.5) is 11.4 Å². The fourth-order valence-electron chi connectivity index (χ4n) is 1.34. The number of nitrogens with two attached hydrogens (primary N) is 1. The Morgan fingerprint density at radius 1 is 1.62 bits per heavy atom. The molecule has 0 aromatic carbocycles. The van der Waals surface area contributed by atoms with Gasteiger partial charge in [0.05, 0.1) is 18.1 Å². The third-order valence-corrected chi connectivity index (χ3v) is 2.07. The van der Waals surface area contributed by atoms with Crippen LogP contribution in [0.25, 0.3) is 0 Å². The molecule has 0 bridgehead atoms. The van der Waals surface area contributed by atoms with Crippen LogP contribution in [-0.2, 0) is 6.54 Å². The zero-order chi connectivity index (χ0) is 11.5. The van der Waals surface area contributed by atoms with Gasteiger partial charge in [0.1, 0.15) is 17.6 Å². The Bertz CT molecular complexity index is 488. The normalized spacial score (nSPS) is 10.3. The first-order valence-corrected chi connectivity index (χ1v) is 4.74. The first kappa shape index (κ1) is 10.2. The largest absolute Gasteiger partial charge is 0.396 e. The van der Waals surface area contributed by atoms with Crippen molar-refractivity contribution in [3.8, 4) is 0 Å². The predicted octanol–water partition coefficient (Wildman–Crippen LogP) is 0.726. The van der Waals surface area contributed by atoms with Crippen molar-refractivity contribution in [2.45, 2.75) is 13.5 Å². The zero-order valence-electron chi connectivity index (χ0n) is 8.67. The molecule has 7 nitrogen and oxygen atoms in total. The molecule has 2 aromatic rings. The summed E-state index contributed by atoms with van der Waals surface area (Å²) < 4.78 is 6.13. The van der Waals surface area contributed by atoms with Gasteiger partial charge in [-0.15, -0.1) is 0 Å². The third kappa shape index (κ3) is 1.74. The number of aromatic nitrogens is 3. The highest BCUT2D eigenvalue weighted by Crippen LogP contribution is 2.13. The molecule has 0 spiro atoms. The first-order chi connectivity index (χ1) is 7.72. The van der Waals surface area contributed by atoms with Crippen LogP contribution in [0.3, 0.4) is 0 Å². The van der Waals surface area contributed by atoms with Crippen molar-refractivity contribution in [1.82, 2.24) is 14.9 Å². The second kappa shape index (κ2) is 4.05. The molecule has 0 aliphatic rings. The van der Waals surface area contributed by atoms with Crippen LogP contribution in [0, 0.1) is 0 Å². The molecule has 0 unspecified atom stereocenters. The number of nitrogen functional groups attached to an aromatic ring is 1. The topological polar surface area (TPSA) is 99.0 Å². The Labute approximate surface area is 91.2 Å². The number of hydrogen-bond acceptors (Lipinski definition) is 5. The number of carbonyl (C=O) groups is 1. The van der Waals surface area contributed by atoms with E-state index in [0.29, 0.717) is 23.6 Å². The molecule has 0 saturated heterocycles. The van der Waals surface area contributed by atoms with E-state index >= 15 is 0 Å². The van der Waals surface area contributed by atoms with Gasteiger partial charge in [-0.05, 0) is 6.92 Å². The fourth-order valence-corrected chi connectivity index (χ4v) is 1.34. The van der Waals surface area contributed by atoms with E-state index < -0.39 is 0 Å². The molecular formula is C9H11N5O2. The van der Waals surface area contributed by atoms with E-state index in [1.165, 1.54) is 23.3 Å². The number of hydrogen-bond donors (Lipinski definition) is 2. The van der Waals surface area contributed by atoms with E-state index in [1.807, 2.05) is 6.92 Å². The minimum absolute atomic E-state index is 0.333. The quantitative estimate of drug-likeness (QED) is 0.795. The summed E-state index contributed by atoms with van der Waals surface area (Å²) in [6, 6.07) is 0. The summed E-state index contributed by atoms with van der Waals surface area (Å²) in [7, 11) is 0. The summed E-state index contributed by atoms with van der Waals surface area (Å²) in [5.41, 5.74) is 6.82. The highest BCUT2D eigenvalue weighted by Gasteiger charge is 2.16. The lowest BCUT2D eigenvalue weighted by atomic mass is 10.3. The molecule has 1 amide bonds. The van der Waals surface area contributed by atoms with Gasteiger partial charge in [-0.1, -0.05) is 5.16 Å². The smallest absolute Gasteiger partial charge is 0.276 e. The van der Waals surface area contributed by atoms with Gasteiger partial charge in [-0.2, -0.15) is 5.10 Å². The Kier molecular flexibility index (Phi) is 2.59. The summed E-state index contributed by atoms with van der Waals surface area (Å²) in [6.07, 6.45) is 4.19. The van der Waals surface area contributed by atoms with Crippen LogP contribution in [0.2, 0.25) is 0 Å². The summed E-state index contributed by atoms with van der Waals surface area (Å²) in [4.78, 5) is 11.9.